The second-order valence-corrected chi connectivity index (χ2v) is 10.5. The van der Waals surface area contributed by atoms with E-state index < -0.39 is 56.3 Å². The maximum absolute atomic E-state index is 13.5. The van der Waals surface area contributed by atoms with Crippen LogP contribution in [0.25, 0.3) is 0 Å². The van der Waals surface area contributed by atoms with E-state index in [0.29, 0.717) is 6.07 Å². The molecule has 2 atom stereocenters. The fourth-order valence-corrected chi connectivity index (χ4v) is 5.49. The first-order chi connectivity index (χ1) is 17.3. The van der Waals surface area contributed by atoms with E-state index in [0.717, 1.165) is 40.7 Å². The van der Waals surface area contributed by atoms with Gasteiger partial charge < -0.3 is 15.2 Å². The molecule has 0 saturated carbocycles. The summed E-state index contributed by atoms with van der Waals surface area (Å²) in [6, 6.07) is 10.8. The number of amides is 1. The fourth-order valence-electron chi connectivity index (χ4n) is 3.75. The van der Waals surface area contributed by atoms with Crippen molar-refractivity contribution in [3.8, 4) is 5.75 Å². The number of fused-ring (bicyclic) bond motifs is 1. The first-order valence-corrected chi connectivity index (χ1v) is 12.5. The minimum absolute atomic E-state index is 0.0366. The molecule has 0 bridgehead atoms. The lowest BCUT2D eigenvalue weighted by molar-refractivity contribution is -0.137. The Balaban J connectivity index is 1.75. The molecule has 4 rings (SSSR count). The van der Waals surface area contributed by atoms with Crippen molar-refractivity contribution in [1.82, 2.24) is 0 Å². The van der Waals surface area contributed by atoms with Gasteiger partial charge in [0.2, 0.25) is 0 Å². The minimum atomic E-state index is -4.85. The minimum Gasteiger partial charge on any atom is -0.484 e. The molecule has 2 N–H and O–H groups in total. The summed E-state index contributed by atoms with van der Waals surface area (Å²) in [5.41, 5.74) is -2.13. The van der Waals surface area contributed by atoms with Crippen LogP contribution in [0, 0.1) is 5.82 Å². The number of nitrogens with one attached hydrogen (secondary N) is 1. The predicted octanol–water partition coefficient (Wildman–Crippen LogP) is 5.09. The molecular formula is C24H19ClF4N2O5S. The molecule has 3 aromatic rings. The molecule has 0 saturated heterocycles. The third kappa shape index (κ3) is 5.36. The highest BCUT2D eigenvalue weighted by atomic mass is 35.5. The Morgan fingerprint density at radius 2 is 1.84 bits per heavy atom. The number of anilines is 2. The Morgan fingerprint density at radius 1 is 1.16 bits per heavy atom. The number of halogens is 5. The van der Waals surface area contributed by atoms with E-state index in [2.05, 4.69) is 5.32 Å². The number of carbonyl (C=O) groups is 1. The monoisotopic (exact) mass is 558 g/mol. The molecule has 1 heterocycles. The summed E-state index contributed by atoms with van der Waals surface area (Å²) in [6.45, 7) is 1.08. The predicted molar refractivity (Wildman–Crippen MR) is 128 cm³/mol. The molecule has 1 unspecified atom stereocenters. The van der Waals surface area contributed by atoms with Gasteiger partial charge >= 0.3 is 6.18 Å². The van der Waals surface area contributed by atoms with Gasteiger partial charge in [-0.3, -0.25) is 9.10 Å². The van der Waals surface area contributed by atoms with Gasteiger partial charge in [0, 0.05) is 5.69 Å². The number of carbonyl (C=O) groups excluding carboxylic acids is 1. The molecule has 0 radical (unpaired) electrons. The number of hydrogen-bond donors (Lipinski definition) is 2. The van der Waals surface area contributed by atoms with Crippen molar-refractivity contribution < 1.29 is 40.6 Å². The van der Waals surface area contributed by atoms with E-state index >= 15 is 0 Å². The average molecular weight is 559 g/mol. The van der Waals surface area contributed by atoms with Crippen LogP contribution in [0.5, 0.6) is 5.75 Å². The highest BCUT2D eigenvalue weighted by Gasteiger charge is 2.38. The summed E-state index contributed by atoms with van der Waals surface area (Å²) in [5.74, 6) is -1.77. The zero-order valence-corrected chi connectivity index (χ0v) is 20.5. The second-order valence-electron chi connectivity index (χ2n) is 8.18. The van der Waals surface area contributed by atoms with Crippen molar-refractivity contribution in [2.75, 3.05) is 16.2 Å². The van der Waals surface area contributed by atoms with E-state index in [9.17, 15) is 35.9 Å². The SMILES string of the molecule is C[C@H](O)C1CN(S(=O)(=O)c2ccc(F)cc2)c2cc(NC(=O)c3c(Cl)cccc3C(F)(F)F)ccc2O1. The number of ether oxygens (including phenoxy) is 1. The summed E-state index contributed by atoms with van der Waals surface area (Å²) in [5, 5.41) is 11.9. The van der Waals surface area contributed by atoms with E-state index in [1.165, 1.54) is 25.1 Å². The van der Waals surface area contributed by atoms with Crippen molar-refractivity contribution in [2.45, 2.75) is 30.2 Å². The summed E-state index contributed by atoms with van der Waals surface area (Å²) in [7, 11) is -4.30. The summed E-state index contributed by atoms with van der Waals surface area (Å²) >= 11 is 5.90. The van der Waals surface area contributed by atoms with E-state index in [-0.39, 0.29) is 28.6 Å². The lowest BCUT2D eigenvalue weighted by Crippen LogP contribution is -2.47. The molecule has 0 aromatic heterocycles. The summed E-state index contributed by atoms with van der Waals surface area (Å²) < 4.78 is 87.2. The summed E-state index contributed by atoms with van der Waals surface area (Å²) in [6.07, 6.45) is -6.88. The Bertz CT molecular complexity index is 1450. The number of aliphatic hydroxyl groups excluding tert-OH is 1. The van der Waals surface area contributed by atoms with E-state index in [1.807, 2.05) is 0 Å². The normalized spacial score (nSPS) is 16.5. The Morgan fingerprint density at radius 3 is 2.46 bits per heavy atom. The number of nitrogens with zero attached hydrogens (tertiary/aromatic N) is 1. The molecule has 7 nitrogen and oxygen atoms in total. The van der Waals surface area contributed by atoms with Crippen LogP contribution < -0.4 is 14.4 Å². The topological polar surface area (TPSA) is 95.9 Å². The smallest absolute Gasteiger partial charge is 0.417 e. The largest absolute Gasteiger partial charge is 0.484 e. The van der Waals surface area contributed by atoms with Crippen LogP contribution in [0.1, 0.15) is 22.8 Å². The van der Waals surface area contributed by atoms with E-state index in [1.54, 1.807) is 0 Å². The Labute approximate surface area is 214 Å². The first-order valence-electron chi connectivity index (χ1n) is 10.7. The van der Waals surface area contributed by atoms with Gasteiger partial charge in [-0.1, -0.05) is 17.7 Å². The van der Waals surface area contributed by atoms with Crippen LogP contribution in [-0.2, 0) is 16.2 Å². The molecule has 1 aliphatic rings. The van der Waals surface area contributed by atoms with Crippen molar-refractivity contribution in [3.63, 3.8) is 0 Å². The quantitative estimate of drug-likeness (QED) is 0.426. The molecule has 1 aliphatic heterocycles. The molecule has 3 aromatic carbocycles. The van der Waals surface area contributed by atoms with Gasteiger partial charge in [0.1, 0.15) is 17.7 Å². The van der Waals surface area contributed by atoms with Crippen molar-refractivity contribution in [1.29, 1.82) is 0 Å². The molecule has 0 fully saturated rings. The van der Waals surface area contributed by atoms with Gasteiger partial charge in [-0.15, -0.1) is 0 Å². The zero-order chi connectivity index (χ0) is 27.1. The molecule has 13 heteroatoms. The summed E-state index contributed by atoms with van der Waals surface area (Å²) in [4.78, 5) is 12.6. The lowest BCUT2D eigenvalue weighted by atomic mass is 10.1. The van der Waals surface area contributed by atoms with Crippen LogP contribution >= 0.6 is 11.6 Å². The maximum Gasteiger partial charge on any atom is 0.417 e. The van der Waals surface area contributed by atoms with Crippen LogP contribution in [-0.4, -0.2) is 38.2 Å². The third-order valence-electron chi connectivity index (χ3n) is 5.60. The van der Waals surface area contributed by atoms with Gasteiger partial charge in [0.15, 0.2) is 0 Å². The lowest BCUT2D eigenvalue weighted by Gasteiger charge is -2.36. The number of aliphatic hydroxyl groups is 1. The van der Waals surface area contributed by atoms with Crippen molar-refractivity contribution in [3.05, 3.63) is 82.6 Å². The Hall–Kier alpha value is -3.35. The molecule has 1 amide bonds. The number of hydrogen-bond acceptors (Lipinski definition) is 5. The Kier molecular flexibility index (Phi) is 7.10. The molecule has 0 aliphatic carbocycles. The van der Waals surface area contributed by atoms with Gasteiger partial charge in [0.05, 0.1) is 39.4 Å². The van der Waals surface area contributed by atoms with Crippen LogP contribution in [0.3, 0.4) is 0 Å². The van der Waals surface area contributed by atoms with Crippen LogP contribution in [0.15, 0.2) is 65.6 Å². The highest BCUT2D eigenvalue weighted by molar-refractivity contribution is 7.92. The molecular weight excluding hydrogens is 540 g/mol. The molecule has 0 spiro atoms. The zero-order valence-electron chi connectivity index (χ0n) is 19.0. The van der Waals surface area contributed by atoms with Gasteiger partial charge in [-0.05, 0) is 61.5 Å². The van der Waals surface area contributed by atoms with Gasteiger partial charge in [0.25, 0.3) is 15.9 Å². The highest BCUT2D eigenvalue weighted by Crippen LogP contribution is 2.40. The van der Waals surface area contributed by atoms with Crippen molar-refractivity contribution in [2.24, 2.45) is 0 Å². The molecule has 196 valence electrons. The number of benzene rings is 3. The first kappa shape index (κ1) is 26.7. The number of sulfonamides is 1. The number of rotatable bonds is 5. The fraction of sp³-hybridized carbons (Fsp3) is 0.208. The van der Waals surface area contributed by atoms with Gasteiger partial charge in [-0.2, -0.15) is 13.2 Å². The maximum atomic E-state index is 13.5. The number of alkyl halides is 3. The van der Waals surface area contributed by atoms with E-state index in [4.69, 9.17) is 16.3 Å². The van der Waals surface area contributed by atoms with Crippen molar-refractivity contribution >= 4 is 38.9 Å². The van der Waals surface area contributed by atoms with Crippen LogP contribution in [0.4, 0.5) is 28.9 Å². The standard InChI is InChI=1S/C24H19ClF4N2O5S/c1-13(32)21-12-31(37(34,35)16-8-5-14(26)6-9-16)19-11-15(7-10-20(19)36-21)30-23(33)22-17(24(27,28)29)3-2-4-18(22)25/h2-11,13,21,32H,12H2,1H3,(H,30,33)/t13-,21?/m0/s1. The third-order valence-corrected chi connectivity index (χ3v) is 7.70. The van der Waals surface area contributed by atoms with Gasteiger partial charge in [-0.25, -0.2) is 12.8 Å². The second kappa shape index (κ2) is 9.84. The van der Waals surface area contributed by atoms with Crippen LogP contribution in [0.2, 0.25) is 5.02 Å². The molecule has 37 heavy (non-hydrogen) atoms. The average Bonchev–Trinajstić information content (AvgIpc) is 2.82.